The van der Waals surface area contributed by atoms with Gasteiger partial charge in [0, 0.05) is 32.0 Å². The van der Waals surface area contributed by atoms with E-state index in [9.17, 15) is 4.79 Å². The van der Waals surface area contributed by atoms with Crippen molar-refractivity contribution >= 4 is 22.9 Å². The van der Waals surface area contributed by atoms with Gasteiger partial charge in [-0.3, -0.25) is 9.89 Å². The molecule has 27 heavy (non-hydrogen) atoms. The zero-order chi connectivity index (χ0) is 18.8. The fourth-order valence-corrected chi connectivity index (χ4v) is 3.56. The summed E-state index contributed by atoms with van der Waals surface area (Å²) in [5, 5.41) is 13.6. The molecule has 0 aliphatic heterocycles. The summed E-state index contributed by atoms with van der Waals surface area (Å²) >= 11 is 0. The molecule has 0 atom stereocenters. The van der Waals surface area contributed by atoms with Gasteiger partial charge in [-0.05, 0) is 43.0 Å². The predicted molar refractivity (Wildman–Crippen MR) is 103 cm³/mol. The van der Waals surface area contributed by atoms with E-state index in [1.54, 1.807) is 7.11 Å². The number of H-pyrrole nitrogens is 1. The standard InChI is InChI=1S/C19H24N6O2/c1-25-17-7-6-12(10-15(17)22-19(25)20-8-9-27-2)18(26)21-11-16-13-4-3-5-14(13)23-24-16/h6-7,10H,3-5,8-9,11H2,1-2H3,(H,20,22)(H,21,26)(H,23,24). The third-order valence-electron chi connectivity index (χ3n) is 5.04. The highest BCUT2D eigenvalue weighted by Crippen LogP contribution is 2.23. The van der Waals surface area contributed by atoms with E-state index in [2.05, 4.69) is 25.8 Å². The van der Waals surface area contributed by atoms with E-state index in [-0.39, 0.29) is 5.91 Å². The van der Waals surface area contributed by atoms with Gasteiger partial charge in [-0.15, -0.1) is 0 Å². The second-order valence-electron chi connectivity index (χ2n) is 6.78. The van der Waals surface area contributed by atoms with E-state index in [0.29, 0.717) is 25.3 Å². The molecule has 2 heterocycles. The van der Waals surface area contributed by atoms with Gasteiger partial charge in [0.15, 0.2) is 0 Å². The number of ether oxygens (including phenoxy) is 1. The van der Waals surface area contributed by atoms with Crippen LogP contribution >= 0.6 is 0 Å². The number of benzene rings is 1. The van der Waals surface area contributed by atoms with Crippen molar-refractivity contribution < 1.29 is 9.53 Å². The maximum absolute atomic E-state index is 12.6. The molecule has 0 radical (unpaired) electrons. The van der Waals surface area contributed by atoms with Crippen LogP contribution in [-0.4, -0.2) is 45.9 Å². The number of amides is 1. The molecule has 1 aliphatic carbocycles. The minimum absolute atomic E-state index is 0.119. The van der Waals surface area contributed by atoms with Crippen LogP contribution in [0.1, 0.15) is 33.7 Å². The van der Waals surface area contributed by atoms with Gasteiger partial charge in [0.25, 0.3) is 5.91 Å². The Balaban J connectivity index is 1.46. The lowest BCUT2D eigenvalue weighted by Gasteiger charge is -2.05. The molecular weight excluding hydrogens is 344 g/mol. The van der Waals surface area contributed by atoms with Gasteiger partial charge in [0.05, 0.1) is 29.9 Å². The van der Waals surface area contributed by atoms with Crippen LogP contribution in [0, 0.1) is 0 Å². The van der Waals surface area contributed by atoms with E-state index in [0.717, 1.165) is 41.9 Å². The minimum Gasteiger partial charge on any atom is -0.383 e. The van der Waals surface area contributed by atoms with Gasteiger partial charge < -0.3 is 19.9 Å². The van der Waals surface area contributed by atoms with Gasteiger partial charge >= 0.3 is 0 Å². The number of fused-ring (bicyclic) bond motifs is 2. The third-order valence-corrected chi connectivity index (χ3v) is 5.04. The number of carbonyl (C=O) groups is 1. The average molecular weight is 368 g/mol. The molecule has 4 rings (SSSR count). The Morgan fingerprint density at radius 2 is 2.26 bits per heavy atom. The van der Waals surface area contributed by atoms with Crippen molar-refractivity contribution in [2.24, 2.45) is 7.05 Å². The lowest BCUT2D eigenvalue weighted by molar-refractivity contribution is 0.0950. The molecule has 142 valence electrons. The maximum atomic E-state index is 12.6. The Morgan fingerprint density at radius 1 is 1.37 bits per heavy atom. The summed E-state index contributed by atoms with van der Waals surface area (Å²) in [7, 11) is 3.61. The van der Waals surface area contributed by atoms with Crippen LogP contribution in [0.15, 0.2) is 18.2 Å². The first-order valence-electron chi connectivity index (χ1n) is 9.20. The second-order valence-corrected chi connectivity index (χ2v) is 6.78. The van der Waals surface area contributed by atoms with Crippen LogP contribution in [0.25, 0.3) is 11.0 Å². The fourth-order valence-electron chi connectivity index (χ4n) is 3.56. The Kier molecular flexibility index (Phi) is 4.81. The number of hydrogen-bond donors (Lipinski definition) is 3. The summed E-state index contributed by atoms with van der Waals surface area (Å²) in [5.74, 6) is 0.637. The molecule has 1 amide bonds. The molecule has 2 aromatic heterocycles. The van der Waals surface area contributed by atoms with E-state index < -0.39 is 0 Å². The number of hydrogen-bond acceptors (Lipinski definition) is 5. The third kappa shape index (κ3) is 3.40. The van der Waals surface area contributed by atoms with Gasteiger partial charge in [0.2, 0.25) is 5.95 Å². The lowest BCUT2D eigenvalue weighted by atomic mass is 10.1. The van der Waals surface area contributed by atoms with Gasteiger partial charge in [0.1, 0.15) is 0 Å². The number of carbonyl (C=O) groups excluding carboxylic acids is 1. The van der Waals surface area contributed by atoms with Crippen LogP contribution in [0.2, 0.25) is 0 Å². The van der Waals surface area contributed by atoms with Crippen molar-refractivity contribution in [3.05, 3.63) is 40.7 Å². The van der Waals surface area contributed by atoms with E-state index >= 15 is 0 Å². The zero-order valence-corrected chi connectivity index (χ0v) is 15.6. The average Bonchev–Trinajstić information content (AvgIpc) is 3.36. The van der Waals surface area contributed by atoms with E-state index in [1.807, 2.05) is 29.8 Å². The van der Waals surface area contributed by atoms with E-state index in [4.69, 9.17) is 4.74 Å². The van der Waals surface area contributed by atoms with Gasteiger partial charge in [-0.25, -0.2) is 4.98 Å². The minimum atomic E-state index is -0.119. The second kappa shape index (κ2) is 7.40. The Hall–Kier alpha value is -2.87. The molecule has 3 aromatic rings. The van der Waals surface area contributed by atoms with Gasteiger partial charge in [-0.2, -0.15) is 5.10 Å². The maximum Gasteiger partial charge on any atom is 0.251 e. The zero-order valence-electron chi connectivity index (χ0n) is 15.6. The molecule has 0 bridgehead atoms. The topological polar surface area (TPSA) is 96.9 Å². The highest BCUT2D eigenvalue weighted by molar-refractivity contribution is 5.97. The molecule has 0 saturated heterocycles. The number of rotatable bonds is 7. The summed E-state index contributed by atoms with van der Waals surface area (Å²) < 4.78 is 7.03. The van der Waals surface area contributed by atoms with Crippen molar-refractivity contribution in [3.63, 3.8) is 0 Å². The van der Waals surface area contributed by atoms with Crippen molar-refractivity contribution in [1.29, 1.82) is 0 Å². The summed E-state index contributed by atoms with van der Waals surface area (Å²) in [6, 6.07) is 5.57. The molecule has 0 unspecified atom stereocenters. The molecule has 8 heteroatoms. The SMILES string of the molecule is COCCNc1nc2cc(C(=O)NCc3n[nH]c4c3CCC4)ccc2n1C. The largest absolute Gasteiger partial charge is 0.383 e. The highest BCUT2D eigenvalue weighted by atomic mass is 16.5. The monoisotopic (exact) mass is 368 g/mol. The summed E-state index contributed by atoms with van der Waals surface area (Å²) in [4.78, 5) is 17.2. The number of aromatic amines is 1. The molecule has 8 nitrogen and oxygen atoms in total. The summed E-state index contributed by atoms with van der Waals surface area (Å²) in [6.07, 6.45) is 3.24. The first-order chi connectivity index (χ1) is 13.2. The molecular formula is C19H24N6O2. The molecule has 0 saturated carbocycles. The molecule has 1 aliphatic rings. The lowest BCUT2D eigenvalue weighted by Crippen LogP contribution is -2.23. The quantitative estimate of drug-likeness (QED) is 0.552. The first kappa shape index (κ1) is 17.5. The number of nitrogens with one attached hydrogen (secondary N) is 3. The number of methoxy groups -OCH3 is 1. The normalized spacial score (nSPS) is 13.1. The number of aromatic nitrogens is 4. The van der Waals surface area contributed by atoms with Crippen molar-refractivity contribution in [3.8, 4) is 0 Å². The highest BCUT2D eigenvalue weighted by Gasteiger charge is 2.19. The molecule has 3 N–H and O–H groups in total. The number of anilines is 1. The van der Waals surface area contributed by atoms with Crippen molar-refractivity contribution in [1.82, 2.24) is 25.1 Å². The molecule has 0 fully saturated rings. The number of nitrogens with zero attached hydrogens (tertiary/aromatic N) is 3. The fraction of sp³-hybridized carbons (Fsp3) is 0.421. The number of aryl methyl sites for hydroxylation is 2. The molecule has 1 aromatic carbocycles. The summed E-state index contributed by atoms with van der Waals surface area (Å²) in [6.45, 7) is 1.72. The van der Waals surface area contributed by atoms with E-state index in [1.165, 1.54) is 11.3 Å². The predicted octanol–water partition coefficient (Wildman–Crippen LogP) is 1.77. The first-order valence-corrected chi connectivity index (χ1v) is 9.20. The Bertz CT molecular complexity index is 974. The van der Waals surface area contributed by atoms with Crippen LogP contribution in [-0.2, 0) is 31.2 Å². The van der Waals surface area contributed by atoms with Crippen LogP contribution in [0.3, 0.4) is 0 Å². The summed E-state index contributed by atoms with van der Waals surface area (Å²) in [5.41, 5.74) is 5.77. The van der Waals surface area contributed by atoms with Gasteiger partial charge in [-0.1, -0.05) is 0 Å². The van der Waals surface area contributed by atoms with Crippen molar-refractivity contribution in [2.45, 2.75) is 25.8 Å². The smallest absolute Gasteiger partial charge is 0.251 e. The van der Waals surface area contributed by atoms with Crippen LogP contribution in [0.4, 0.5) is 5.95 Å². The van der Waals surface area contributed by atoms with Crippen LogP contribution < -0.4 is 10.6 Å². The van der Waals surface area contributed by atoms with Crippen LogP contribution in [0.5, 0.6) is 0 Å². The molecule has 0 spiro atoms. The van der Waals surface area contributed by atoms with Crippen molar-refractivity contribution in [2.75, 3.05) is 25.6 Å². The Labute approximate surface area is 157 Å². The number of imidazole rings is 1. The Morgan fingerprint density at radius 3 is 3.11 bits per heavy atom.